The zero-order valence-electron chi connectivity index (χ0n) is 14.2. The molecule has 2 rings (SSSR count). The molecule has 0 aromatic carbocycles. The largest absolute Gasteiger partial charge is 0.457 e. The molecule has 126 valence electrons. The number of nitrogens with zero attached hydrogens (tertiary/aromatic N) is 1. The first-order valence-corrected chi connectivity index (χ1v) is 8.35. The molecule has 5 nitrogen and oxygen atoms in total. The minimum absolute atomic E-state index is 0.00817. The molecular weight excluding hydrogens is 292 g/mol. The highest BCUT2D eigenvalue weighted by molar-refractivity contribution is 5.92. The molecule has 1 aromatic rings. The maximum atomic E-state index is 12.3. The molecule has 1 amide bonds. The van der Waals surface area contributed by atoms with Crippen molar-refractivity contribution >= 4 is 11.9 Å². The van der Waals surface area contributed by atoms with E-state index in [1.54, 1.807) is 29.1 Å². The van der Waals surface area contributed by atoms with Crippen LogP contribution in [0.5, 0.6) is 0 Å². The fraction of sp³-hybridized carbons (Fsp3) is 0.611. The van der Waals surface area contributed by atoms with Crippen molar-refractivity contribution < 1.29 is 18.9 Å². The third-order valence-corrected chi connectivity index (χ3v) is 4.70. The maximum absolute atomic E-state index is 12.3. The quantitative estimate of drug-likeness (QED) is 0.667. The lowest BCUT2D eigenvalue weighted by Gasteiger charge is -2.36. The van der Waals surface area contributed by atoms with Crippen LogP contribution in [-0.4, -0.2) is 18.0 Å². The van der Waals surface area contributed by atoms with E-state index >= 15 is 0 Å². The summed E-state index contributed by atoms with van der Waals surface area (Å²) in [4.78, 5) is 23.5. The number of aromatic nitrogens is 1. The minimum Gasteiger partial charge on any atom is -0.457 e. The van der Waals surface area contributed by atoms with Crippen molar-refractivity contribution in [3.63, 3.8) is 0 Å². The molecule has 5 heteroatoms. The van der Waals surface area contributed by atoms with Crippen molar-refractivity contribution in [2.24, 2.45) is 23.5 Å². The number of hydrogen-bond donors (Lipinski definition) is 1. The Bertz CT molecular complexity index is 571. The van der Waals surface area contributed by atoms with Crippen molar-refractivity contribution in [1.82, 2.24) is 0 Å². The number of ether oxygens (including phenoxy) is 1. The van der Waals surface area contributed by atoms with Gasteiger partial charge in [0, 0.05) is 6.07 Å². The van der Waals surface area contributed by atoms with Gasteiger partial charge in [-0.3, -0.25) is 4.79 Å². The maximum Gasteiger partial charge on any atom is 0.372 e. The van der Waals surface area contributed by atoms with Crippen LogP contribution in [0, 0.1) is 17.8 Å². The molecule has 0 radical (unpaired) electrons. The molecule has 1 aliphatic carbocycles. The Kier molecular flexibility index (Phi) is 5.74. The summed E-state index contributed by atoms with van der Waals surface area (Å²) in [5, 5.41) is 0. The third kappa shape index (κ3) is 4.78. The highest BCUT2D eigenvalue weighted by Gasteiger charge is 2.33. The first kappa shape index (κ1) is 17.4. The van der Waals surface area contributed by atoms with Crippen LogP contribution in [-0.2, 0) is 16.1 Å². The molecule has 1 heterocycles. The van der Waals surface area contributed by atoms with Gasteiger partial charge in [0.25, 0.3) is 5.91 Å². The zero-order valence-corrected chi connectivity index (χ0v) is 14.2. The monoisotopic (exact) mass is 319 g/mol. The van der Waals surface area contributed by atoms with E-state index in [1.807, 2.05) is 0 Å². The van der Waals surface area contributed by atoms with Gasteiger partial charge in [-0.2, -0.15) is 4.57 Å². The van der Waals surface area contributed by atoms with E-state index in [2.05, 4.69) is 20.8 Å². The summed E-state index contributed by atoms with van der Waals surface area (Å²) in [6.45, 7) is 6.68. The van der Waals surface area contributed by atoms with Gasteiger partial charge < -0.3 is 10.5 Å². The second kappa shape index (κ2) is 7.57. The summed E-state index contributed by atoms with van der Waals surface area (Å²) in [7, 11) is 0. The number of amides is 1. The average Bonchev–Trinajstić information content (AvgIpc) is 2.47. The number of esters is 1. The summed E-state index contributed by atoms with van der Waals surface area (Å²) < 4.78 is 7.40. The van der Waals surface area contributed by atoms with Gasteiger partial charge in [-0.25, -0.2) is 4.79 Å². The lowest BCUT2D eigenvalue weighted by molar-refractivity contribution is -0.686. The normalized spacial score (nSPS) is 24.4. The van der Waals surface area contributed by atoms with Gasteiger partial charge in [0.2, 0.25) is 6.54 Å². The van der Waals surface area contributed by atoms with Gasteiger partial charge in [0.05, 0.1) is 0 Å². The van der Waals surface area contributed by atoms with Gasteiger partial charge in [0.1, 0.15) is 11.7 Å². The van der Waals surface area contributed by atoms with Crippen LogP contribution < -0.4 is 10.3 Å². The van der Waals surface area contributed by atoms with Crippen LogP contribution in [0.15, 0.2) is 24.5 Å². The first-order valence-electron chi connectivity index (χ1n) is 8.35. The molecule has 0 spiro atoms. The second-order valence-corrected chi connectivity index (χ2v) is 6.98. The highest BCUT2D eigenvalue weighted by atomic mass is 16.5. The van der Waals surface area contributed by atoms with Gasteiger partial charge >= 0.3 is 5.97 Å². The van der Waals surface area contributed by atoms with E-state index in [0.29, 0.717) is 23.3 Å². The molecule has 1 fully saturated rings. The molecule has 0 saturated heterocycles. The highest BCUT2D eigenvalue weighted by Crippen LogP contribution is 2.35. The predicted octanol–water partition coefficient (Wildman–Crippen LogP) is 2.08. The summed E-state index contributed by atoms with van der Waals surface area (Å²) in [5.74, 6) is 0.756. The number of rotatable bonds is 5. The van der Waals surface area contributed by atoms with Crippen molar-refractivity contribution in [2.75, 3.05) is 0 Å². The molecule has 0 aliphatic heterocycles. The molecule has 0 unspecified atom stereocenters. The van der Waals surface area contributed by atoms with Crippen LogP contribution in [0.3, 0.4) is 0 Å². The Morgan fingerprint density at radius 1 is 1.39 bits per heavy atom. The van der Waals surface area contributed by atoms with Crippen LogP contribution >= 0.6 is 0 Å². The minimum atomic E-state index is -0.506. The van der Waals surface area contributed by atoms with Crippen LogP contribution in [0.4, 0.5) is 0 Å². The SMILES string of the molecule is CC(C)[C@H]1CC[C@@H](C)C[C@H]1OC(=O)C[n+]1cccc(C(N)=O)c1. The number of nitrogens with two attached hydrogens (primary N) is 1. The fourth-order valence-corrected chi connectivity index (χ4v) is 3.37. The number of hydrogen-bond acceptors (Lipinski definition) is 3. The predicted molar refractivity (Wildman–Crippen MR) is 86.4 cm³/mol. The summed E-state index contributed by atoms with van der Waals surface area (Å²) >= 11 is 0. The first-order chi connectivity index (χ1) is 10.9. The van der Waals surface area contributed by atoms with Crippen LogP contribution in [0.2, 0.25) is 0 Å². The Labute approximate surface area is 137 Å². The van der Waals surface area contributed by atoms with E-state index in [4.69, 9.17) is 10.5 Å². The van der Waals surface area contributed by atoms with Crippen molar-refractivity contribution in [3.05, 3.63) is 30.1 Å². The van der Waals surface area contributed by atoms with Gasteiger partial charge in [-0.15, -0.1) is 0 Å². The summed E-state index contributed by atoms with van der Waals surface area (Å²) in [5.41, 5.74) is 5.64. The standard InChI is InChI=1S/C18H26N2O3/c1-12(2)15-7-6-13(3)9-16(15)23-17(21)11-20-8-4-5-14(10-20)18(19)22/h4-5,8,10,12-13,15-16H,6-7,9,11H2,1-3H3,(H-,19,22)/p+1/t13-,15-,16-/m1/s1. The molecule has 1 saturated carbocycles. The zero-order chi connectivity index (χ0) is 17.0. The van der Waals surface area contributed by atoms with Crippen molar-refractivity contribution in [1.29, 1.82) is 0 Å². The Hall–Kier alpha value is -1.91. The summed E-state index contributed by atoms with van der Waals surface area (Å²) in [6.07, 6.45) is 6.55. The summed E-state index contributed by atoms with van der Waals surface area (Å²) in [6, 6.07) is 3.33. The number of carbonyl (C=O) groups excluding carboxylic acids is 2. The molecule has 3 atom stereocenters. The molecule has 1 aromatic heterocycles. The van der Waals surface area contributed by atoms with Crippen molar-refractivity contribution in [2.45, 2.75) is 52.7 Å². The second-order valence-electron chi connectivity index (χ2n) is 6.98. The molecule has 1 aliphatic rings. The van der Waals surface area contributed by atoms with Gasteiger partial charge in [0.15, 0.2) is 12.4 Å². The van der Waals surface area contributed by atoms with E-state index in [-0.39, 0.29) is 18.6 Å². The van der Waals surface area contributed by atoms with Crippen molar-refractivity contribution in [3.8, 4) is 0 Å². The third-order valence-electron chi connectivity index (χ3n) is 4.70. The molecule has 2 N–H and O–H groups in total. The molecule has 0 bridgehead atoms. The van der Waals surface area contributed by atoms with E-state index in [0.717, 1.165) is 12.8 Å². The number of carbonyl (C=O) groups is 2. The molecular formula is C18H27N2O3+. The van der Waals surface area contributed by atoms with Crippen LogP contribution in [0.1, 0.15) is 50.4 Å². The Morgan fingerprint density at radius 3 is 2.78 bits per heavy atom. The molecule has 23 heavy (non-hydrogen) atoms. The number of pyridine rings is 1. The Balaban J connectivity index is 2.00. The average molecular weight is 319 g/mol. The van der Waals surface area contributed by atoms with Gasteiger partial charge in [-0.1, -0.05) is 27.2 Å². The lowest BCUT2D eigenvalue weighted by atomic mass is 9.75. The smallest absolute Gasteiger partial charge is 0.372 e. The van der Waals surface area contributed by atoms with Crippen LogP contribution in [0.25, 0.3) is 0 Å². The van der Waals surface area contributed by atoms with E-state index in [1.165, 1.54) is 6.42 Å². The van der Waals surface area contributed by atoms with E-state index < -0.39 is 5.91 Å². The lowest BCUT2D eigenvalue weighted by Crippen LogP contribution is -2.42. The van der Waals surface area contributed by atoms with E-state index in [9.17, 15) is 9.59 Å². The fourth-order valence-electron chi connectivity index (χ4n) is 3.37. The van der Waals surface area contributed by atoms with Gasteiger partial charge in [-0.05, 0) is 36.7 Å². The number of primary amides is 1. The Morgan fingerprint density at radius 2 is 2.13 bits per heavy atom. The topological polar surface area (TPSA) is 73.3 Å².